The summed E-state index contributed by atoms with van der Waals surface area (Å²) in [6, 6.07) is 12.3. The summed E-state index contributed by atoms with van der Waals surface area (Å²) in [5.74, 6) is -0.363. The van der Waals surface area contributed by atoms with Gasteiger partial charge >= 0.3 is 0 Å². The van der Waals surface area contributed by atoms with Crippen LogP contribution in [0.3, 0.4) is 0 Å². The molecule has 3 N–H and O–H groups in total. The number of amides is 1. The number of hydrogen-bond acceptors (Lipinski definition) is 5. The van der Waals surface area contributed by atoms with Crippen LogP contribution in [0.1, 0.15) is 12.0 Å². The minimum atomic E-state index is -4.09. The van der Waals surface area contributed by atoms with Crippen molar-refractivity contribution >= 4 is 27.5 Å². The SMILES string of the molecule is COc1ccc(Cl)cc1S(=O)(=O)N[C@@H](Cc1ccccc1)C(=O)NCCCO. The maximum absolute atomic E-state index is 12.9. The predicted molar refractivity (Wildman–Crippen MR) is 107 cm³/mol. The van der Waals surface area contributed by atoms with Crippen molar-refractivity contribution in [2.24, 2.45) is 0 Å². The van der Waals surface area contributed by atoms with Gasteiger partial charge in [-0.2, -0.15) is 4.72 Å². The lowest BCUT2D eigenvalue weighted by atomic mass is 10.1. The third-order valence-corrected chi connectivity index (χ3v) is 5.67. The van der Waals surface area contributed by atoms with Gasteiger partial charge in [-0.25, -0.2) is 8.42 Å². The van der Waals surface area contributed by atoms with Crippen molar-refractivity contribution in [2.75, 3.05) is 20.3 Å². The first-order chi connectivity index (χ1) is 13.4. The van der Waals surface area contributed by atoms with Gasteiger partial charge in [-0.3, -0.25) is 4.79 Å². The molecule has 2 rings (SSSR count). The predicted octanol–water partition coefficient (Wildman–Crippen LogP) is 1.74. The zero-order valence-electron chi connectivity index (χ0n) is 15.4. The van der Waals surface area contributed by atoms with Crippen molar-refractivity contribution in [3.63, 3.8) is 0 Å². The summed E-state index contributed by atoms with van der Waals surface area (Å²) in [5, 5.41) is 11.7. The number of halogens is 1. The molecule has 0 aliphatic carbocycles. The highest BCUT2D eigenvalue weighted by atomic mass is 35.5. The number of carbonyl (C=O) groups excluding carboxylic acids is 1. The van der Waals surface area contributed by atoms with Gasteiger partial charge in [-0.1, -0.05) is 41.9 Å². The van der Waals surface area contributed by atoms with Crippen LogP contribution in [-0.4, -0.2) is 45.7 Å². The lowest BCUT2D eigenvalue weighted by Gasteiger charge is -2.19. The first-order valence-corrected chi connectivity index (χ1v) is 10.5. The average Bonchev–Trinajstić information content (AvgIpc) is 2.68. The monoisotopic (exact) mass is 426 g/mol. The number of hydrogen-bond donors (Lipinski definition) is 3. The number of nitrogens with one attached hydrogen (secondary N) is 2. The fourth-order valence-corrected chi connectivity index (χ4v) is 4.19. The van der Waals surface area contributed by atoms with Gasteiger partial charge in [-0.05, 0) is 36.6 Å². The molecule has 0 unspecified atom stereocenters. The van der Waals surface area contributed by atoms with Crippen molar-refractivity contribution < 1.29 is 23.1 Å². The molecule has 0 aromatic heterocycles. The molecule has 9 heteroatoms. The third-order valence-electron chi connectivity index (χ3n) is 3.95. The molecule has 7 nitrogen and oxygen atoms in total. The van der Waals surface area contributed by atoms with Crippen LogP contribution in [0.2, 0.25) is 5.02 Å². The summed E-state index contributed by atoms with van der Waals surface area (Å²) in [7, 11) is -2.74. The molecule has 28 heavy (non-hydrogen) atoms. The highest BCUT2D eigenvalue weighted by molar-refractivity contribution is 7.89. The Kier molecular flexibility index (Phi) is 8.25. The second kappa shape index (κ2) is 10.4. The van der Waals surface area contributed by atoms with Gasteiger partial charge in [0.25, 0.3) is 0 Å². The molecule has 1 amide bonds. The quantitative estimate of drug-likeness (QED) is 0.502. The van der Waals surface area contributed by atoms with Gasteiger partial charge < -0.3 is 15.2 Å². The molecule has 0 aliphatic rings. The Morgan fingerprint density at radius 1 is 1.21 bits per heavy atom. The molecular weight excluding hydrogens is 404 g/mol. The van der Waals surface area contributed by atoms with E-state index in [2.05, 4.69) is 10.0 Å². The Balaban J connectivity index is 2.29. The molecule has 0 saturated carbocycles. The van der Waals surface area contributed by atoms with Crippen LogP contribution in [0.15, 0.2) is 53.4 Å². The van der Waals surface area contributed by atoms with Crippen LogP contribution in [0.5, 0.6) is 5.75 Å². The van der Waals surface area contributed by atoms with Crippen LogP contribution in [-0.2, 0) is 21.2 Å². The Hall–Kier alpha value is -2.13. The summed E-state index contributed by atoms with van der Waals surface area (Å²) in [4.78, 5) is 12.4. The van der Waals surface area contributed by atoms with Gasteiger partial charge in [0.15, 0.2) is 0 Å². The van der Waals surface area contributed by atoms with E-state index in [4.69, 9.17) is 21.4 Å². The normalized spacial score (nSPS) is 12.4. The molecule has 152 valence electrons. The number of carbonyl (C=O) groups is 1. The van der Waals surface area contributed by atoms with Crippen molar-refractivity contribution in [2.45, 2.75) is 23.8 Å². The molecular formula is C19H23ClN2O5S. The van der Waals surface area contributed by atoms with Gasteiger partial charge in [0.2, 0.25) is 15.9 Å². The van der Waals surface area contributed by atoms with Crippen molar-refractivity contribution in [3.05, 3.63) is 59.1 Å². The number of sulfonamides is 1. The summed E-state index contributed by atoms with van der Waals surface area (Å²) in [5.41, 5.74) is 0.797. The minimum Gasteiger partial charge on any atom is -0.495 e. The van der Waals surface area contributed by atoms with E-state index in [1.807, 2.05) is 30.3 Å². The van der Waals surface area contributed by atoms with E-state index in [-0.39, 0.29) is 35.2 Å². The maximum atomic E-state index is 12.9. The smallest absolute Gasteiger partial charge is 0.245 e. The van der Waals surface area contributed by atoms with E-state index in [0.717, 1.165) is 5.56 Å². The van der Waals surface area contributed by atoms with Crippen LogP contribution >= 0.6 is 11.6 Å². The largest absolute Gasteiger partial charge is 0.495 e. The highest BCUT2D eigenvalue weighted by Gasteiger charge is 2.28. The molecule has 2 aromatic rings. The fourth-order valence-electron chi connectivity index (χ4n) is 2.56. The zero-order valence-corrected chi connectivity index (χ0v) is 17.0. The van der Waals surface area contributed by atoms with Crippen molar-refractivity contribution in [3.8, 4) is 5.75 Å². The summed E-state index contributed by atoms with van der Waals surface area (Å²) in [6.07, 6.45) is 0.534. The first kappa shape index (κ1) is 22.2. The fraction of sp³-hybridized carbons (Fsp3) is 0.316. The molecule has 0 radical (unpaired) electrons. The molecule has 0 spiro atoms. The molecule has 0 saturated heterocycles. The van der Waals surface area contributed by atoms with Gasteiger partial charge in [0, 0.05) is 18.2 Å². The van der Waals surface area contributed by atoms with Gasteiger partial charge in [-0.15, -0.1) is 0 Å². The molecule has 1 atom stereocenters. The van der Waals surface area contributed by atoms with Gasteiger partial charge in [0.1, 0.15) is 16.7 Å². The van der Waals surface area contributed by atoms with E-state index < -0.39 is 22.0 Å². The first-order valence-electron chi connectivity index (χ1n) is 8.65. The van der Waals surface area contributed by atoms with Crippen LogP contribution in [0.4, 0.5) is 0 Å². The standard InChI is InChI=1S/C19H23ClN2O5S/c1-27-17-9-8-15(20)13-18(17)28(25,26)22-16(19(24)21-10-5-11-23)12-14-6-3-2-4-7-14/h2-4,6-9,13,16,22-23H,5,10-12H2,1H3,(H,21,24)/t16-/m0/s1. The second-order valence-corrected chi connectivity index (χ2v) is 8.15. The maximum Gasteiger partial charge on any atom is 0.245 e. The van der Waals surface area contributed by atoms with E-state index in [9.17, 15) is 13.2 Å². The van der Waals surface area contributed by atoms with Crippen LogP contribution in [0, 0.1) is 0 Å². The van der Waals surface area contributed by atoms with Gasteiger partial charge in [0.05, 0.1) is 7.11 Å². The lowest BCUT2D eigenvalue weighted by Crippen LogP contribution is -2.48. The molecule has 0 fully saturated rings. The number of aliphatic hydroxyl groups is 1. The van der Waals surface area contributed by atoms with E-state index in [1.165, 1.54) is 25.3 Å². The molecule has 0 aliphatic heterocycles. The van der Waals surface area contributed by atoms with E-state index >= 15 is 0 Å². The molecule has 0 heterocycles. The average molecular weight is 427 g/mol. The second-order valence-electron chi connectivity index (χ2n) is 6.03. The zero-order chi connectivity index (χ0) is 20.6. The summed E-state index contributed by atoms with van der Waals surface area (Å²) >= 11 is 5.94. The Morgan fingerprint density at radius 2 is 1.93 bits per heavy atom. The van der Waals surface area contributed by atoms with Crippen molar-refractivity contribution in [1.82, 2.24) is 10.0 Å². The lowest BCUT2D eigenvalue weighted by molar-refractivity contribution is -0.122. The summed E-state index contributed by atoms with van der Waals surface area (Å²) in [6.45, 7) is 0.165. The molecule has 2 aromatic carbocycles. The number of aliphatic hydroxyl groups excluding tert-OH is 1. The Morgan fingerprint density at radius 3 is 2.57 bits per heavy atom. The summed E-state index contributed by atoms with van der Waals surface area (Å²) < 4.78 is 33.4. The number of benzene rings is 2. The van der Waals surface area contributed by atoms with E-state index in [1.54, 1.807) is 0 Å². The van der Waals surface area contributed by atoms with E-state index in [0.29, 0.717) is 6.42 Å². The van der Waals surface area contributed by atoms with Crippen molar-refractivity contribution in [1.29, 1.82) is 0 Å². The van der Waals surface area contributed by atoms with Crippen LogP contribution in [0.25, 0.3) is 0 Å². The number of ether oxygens (including phenoxy) is 1. The topological polar surface area (TPSA) is 105 Å². The minimum absolute atomic E-state index is 0.0743. The number of rotatable bonds is 10. The van der Waals surface area contributed by atoms with Crippen LogP contribution < -0.4 is 14.8 Å². The molecule has 0 bridgehead atoms. The Bertz CT molecular complexity index is 890. The highest BCUT2D eigenvalue weighted by Crippen LogP contribution is 2.27. The number of methoxy groups -OCH3 is 1. The Labute approximate surface area is 169 Å². The third kappa shape index (κ3) is 6.20.